The van der Waals surface area contributed by atoms with Crippen LogP contribution in [0.4, 0.5) is 0 Å². The first-order chi connectivity index (χ1) is 16.5. The molecule has 0 aliphatic carbocycles. The van der Waals surface area contributed by atoms with Gasteiger partial charge in [-0.1, -0.05) is 49.0 Å². The molecular formula is C25H31N3O5S. The fraction of sp³-hybridized carbons (Fsp3) is 0.400. The molecular weight excluding hydrogens is 454 g/mol. The molecule has 0 fully saturated rings. The van der Waals surface area contributed by atoms with Crippen molar-refractivity contribution < 1.29 is 23.4 Å². The molecule has 1 N–H and O–H groups in total. The third-order valence-electron chi connectivity index (χ3n) is 4.86. The van der Waals surface area contributed by atoms with Crippen LogP contribution in [0.3, 0.4) is 0 Å². The molecule has 0 aliphatic rings. The van der Waals surface area contributed by atoms with Gasteiger partial charge in [-0.3, -0.25) is 4.79 Å². The smallest absolute Gasteiger partial charge is 0.277 e. The highest BCUT2D eigenvalue weighted by Gasteiger charge is 2.19. The lowest BCUT2D eigenvalue weighted by molar-refractivity contribution is -0.118. The number of thioether (sulfide) groups is 1. The first-order valence-electron chi connectivity index (χ1n) is 11.4. The minimum atomic E-state index is -0.0918. The molecule has 0 saturated carbocycles. The van der Waals surface area contributed by atoms with Crippen molar-refractivity contribution >= 4 is 17.7 Å². The van der Waals surface area contributed by atoms with Crippen molar-refractivity contribution in [3.05, 3.63) is 48.0 Å². The third kappa shape index (κ3) is 6.90. The van der Waals surface area contributed by atoms with E-state index < -0.39 is 0 Å². The van der Waals surface area contributed by atoms with Gasteiger partial charge in [0.15, 0.2) is 11.5 Å². The second kappa shape index (κ2) is 12.9. The van der Waals surface area contributed by atoms with E-state index in [9.17, 15) is 4.79 Å². The summed E-state index contributed by atoms with van der Waals surface area (Å²) in [5.74, 6) is 2.26. The highest BCUT2D eigenvalue weighted by molar-refractivity contribution is 7.99. The van der Waals surface area contributed by atoms with E-state index in [0.717, 1.165) is 0 Å². The van der Waals surface area contributed by atoms with Gasteiger partial charge in [-0.15, -0.1) is 10.2 Å². The minimum Gasteiger partial charge on any atom is -0.490 e. The Morgan fingerprint density at radius 1 is 1.00 bits per heavy atom. The number of rotatable bonds is 13. The maximum absolute atomic E-state index is 12.3. The third-order valence-corrected chi connectivity index (χ3v) is 5.68. The number of nitrogens with zero attached hydrogens (tertiary/aromatic N) is 2. The van der Waals surface area contributed by atoms with Crippen LogP contribution in [0.2, 0.25) is 0 Å². The molecule has 0 aliphatic heterocycles. The molecule has 1 unspecified atom stereocenters. The van der Waals surface area contributed by atoms with Gasteiger partial charge in [0.25, 0.3) is 5.22 Å². The molecule has 182 valence electrons. The Balaban J connectivity index is 1.63. The van der Waals surface area contributed by atoms with Crippen molar-refractivity contribution in [2.24, 2.45) is 0 Å². The molecule has 3 rings (SSSR count). The highest BCUT2D eigenvalue weighted by atomic mass is 32.2. The van der Waals surface area contributed by atoms with Crippen molar-refractivity contribution in [2.75, 3.05) is 32.1 Å². The van der Waals surface area contributed by atoms with Crippen LogP contribution in [-0.2, 0) is 4.79 Å². The average molecular weight is 486 g/mol. The summed E-state index contributed by atoms with van der Waals surface area (Å²) >= 11 is 1.19. The van der Waals surface area contributed by atoms with Crippen molar-refractivity contribution in [3.8, 4) is 28.7 Å². The van der Waals surface area contributed by atoms with E-state index >= 15 is 0 Å². The van der Waals surface area contributed by atoms with Crippen LogP contribution in [-0.4, -0.2) is 48.2 Å². The van der Waals surface area contributed by atoms with Gasteiger partial charge in [-0.05, 0) is 44.4 Å². The van der Waals surface area contributed by atoms with Crippen LogP contribution in [0.1, 0.15) is 39.2 Å². The maximum Gasteiger partial charge on any atom is 0.277 e. The van der Waals surface area contributed by atoms with Gasteiger partial charge in [0.05, 0.1) is 25.6 Å². The minimum absolute atomic E-state index is 0.0918. The zero-order valence-corrected chi connectivity index (χ0v) is 20.8. The zero-order valence-electron chi connectivity index (χ0n) is 20.0. The van der Waals surface area contributed by atoms with Crippen molar-refractivity contribution in [1.29, 1.82) is 0 Å². The Bertz CT molecular complexity index is 1030. The number of carbonyl (C=O) groups is 1. The predicted molar refractivity (Wildman–Crippen MR) is 132 cm³/mol. The normalized spacial score (nSPS) is 11.6. The zero-order chi connectivity index (χ0) is 24.3. The molecule has 34 heavy (non-hydrogen) atoms. The molecule has 3 aromatic rings. The standard InChI is InChI=1S/C25H31N3O5S/c1-5-30-20-13-19(14-21(31-6-2)23(20)32-7-3)24-27-28-25(33-24)34-16-22(29)26-15-17(4)18-11-9-8-10-12-18/h8-14,17H,5-7,15-16H2,1-4H3,(H,26,29). The van der Waals surface area contributed by atoms with Crippen LogP contribution in [0, 0.1) is 0 Å². The number of hydrogen-bond acceptors (Lipinski definition) is 8. The number of carbonyl (C=O) groups excluding carboxylic acids is 1. The summed E-state index contributed by atoms with van der Waals surface area (Å²) in [7, 11) is 0. The fourth-order valence-corrected chi connectivity index (χ4v) is 3.83. The summed E-state index contributed by atoms with van der Waals surface area (Å²) < 4.78 is 23.0. The number of benzene rings is 2. The summed E-state index contributed by atoms with van der Waals surface area (Å²) in [6, 6.07) is 13.7. The average Bonchev–Trinajstić information content (AvgIpc) is 3.33. The lowest BCUT2D eigenvalue weighted by Gasteiger charge is -2.16. The molecule has 1 heterocycles. The first kappa shape index (κ1) is 25.4. The summed E-state index contributed by atoms with van der Waals surface area (Å²) in [4.78, 5) is 12.3. The second-order valence-corrected chi connectivity index (χ2v) is 8.30. The molecule has 9 heteroatoms. The molecule has 0 bridgehead atoms. The quantitative estimate of drug-likeness (QED) is 0.340. The van der Waals surface area contributed by atoms with E-state index in [1.54, 1.807) is 12.1 Å². The number of nitrogens with one attached hydrogen (secondary N) is 1. The number of aromatic nitrogens is 2. The van der Waals surface area contributed by atoms with E-state index in [1.807, 2.05) is 39.0 Å². The number of ether oxygens (including phenoxy) is 3. The maximum atomic E-state index is 12.3. The van der Waals surface area contributed by atoms with Crippen molar-refractivity contribution in [2.45, 2.75) is 38.8 Å². The van der Waals surface area contributed by atoms with Gasteiger partial charge in [0.2, 0.25) is 17.5 Å². The SMILES string of the molecule is CCOc1cc(-c2nnc(SCC(=O)NCC(C)c3ccccc3)o2)cc(OCC)c1OCC. The van der Waals surface area contributed by atoms with E-state index in [-0.39, 0.29) is 17.6 Å². The lowest BCUT2D eigenvalue weighted by Crippen LogP contribution is -2.28. The molecule has 2 aromatic carbocycles. The molecule has 1 atom stereocenters. The van der Waals surface area contributed by atoms with Crippen LogP contribution in [0.25, 0.3) is 11.5 Å². The van der Waals surface area contributed by atoms with Crippen molar-refractivity contribution in [3.63, 3.8) is 0 Å². The Labute approximate surface area is 204 Å². The van der Waals surface area contributed by atoms with Gasteiger partial charge in [0, 0.05) is 12.1 Å². The summed E-state index contributed by atoms with van der Waals surface area (Å²) in [5.41, 5.74) is 1.83. The van der Waals surface area contributed by atoms with Gasteiger partial charge < -0.3 is 23.9 Å². The molecule has 0 spiro atoms. The van der Waals surface area contributed by atoms with Crippen LogP contribution in [0.5, 0.6) is 17.2 Å². The fourth-order valence-electron chi connectivity index (χ4n) is 3.24. The van der Waals surface area contributed by atoms with Gasteiger partial charge >= 0.3 is 0 Å². The monoisotopic (exact) mass is 485 g/mol. The second-order valence-electron chi connectivity index (χ2n) is 7.38. The molecule has 1 amide bonds. The topological polar surface area (TPSA) is 95.7 Å². The van der Waals surface area contributed by atoms with Crippen molar-refractivity contribution in [1.82, 2.24) is 15.5 Å². The summed E-state index contributed by atoms with van der Waals surface area (Å²) in [6.07, 6.45) is 0. The molecule has 0 radical (unpaired) electrons. The van der Waals surface area contributed by atoms with E-state index in [0.29, 0.717) is 60.3 Å². The lowest BCUT2D eigenvalue weighted by atomic mass is 10.0. The molecule has 0 saturated heterocycles. The van der Waals surface area contributed by atoms with E-state index in [1.165, 1.54) is 17.3 Å². The predicted octanol–water partition coefficient (Wildman–Crippen LogP) is 4.94. The first-order valence-corrected chi connectivity index (χ1v) is 12.4. The van der Waals surface area contributed by atoms with E-state index in [2.05, 4.69) is 34.6 Å². The van der Waals surface area contributed by atoms with Crippen LogP contribution < -0.4 is 19.5 Å². The van der Waals surface area contributed by atoms with E-state index in [4.69, 9.17) is 18.6 Å². The molecule has 8 nitrogen and oxygen atoms in total. The summed E-state index contributed by atoms with van der Waals surface area (Å²) in [6.45, 7) is 9.76. The Morgan fingerprint density at radius 2 is 1.65 bits per heavy atom. The Kier molecular flexibility index (Phi) is 9.63. The Morgan fingerprint density at radius 3 is 2.26 bits per heavy atom. The summed E-state index contributed by atoms with van der Waals surface area (Å²) in [5, 5.41) is 11.5. The van der Waals surface area contributed by atoms with Gasteiger partial charge in [-0.2, -0.15) is 0 Å². The van der Waals surface area contributed by atoms with Gasteiger partial charge in [-0.25, -0.2) is 0 Å². The highest BCUT2D eigenvalue weighted by Crippen LogP contribution is 2.42. The largest absolute Gasteiger partial charge is 0.490 e. The van der Waals surface area contributed by atoms with Crippen LogP contribution >= 0.6 is 11.8 Å². The number of hydrogen-bond donors (Lipinski definition) is 1. The Hall–Kier alpha value is -3.20. The number of amides is 1. The molecule has 1 aromatic heterocycles. The van der Waals surface area contributed by atoms with Crippen LogP contribution in [0.15, 0.2) is 52.1 Å². The van der Waals surface area contributed by atoms with Gasteiger partial charge in [0.1, 0.15) is 0 Å².